The number of anilines is 1. The van der Waals surface area contributed by atoms with Crippen LogP contribution in [0.15, 0.2) is 53.3 Å². The van der Waals surface area contributed by atoms with Crippen LogP contribution >= 0.6 is 11.8 Å². The Morgan fingerprint density at radius 2 is 1.92 bits per heavy atom. The molecule has 136 valence electrons. The van der Waals surface area contributed by atoms with Gasteiger partial charge in [0.1, 0.15) is 0 Å². The van der Waals surface area contributed by atoms with Gasteiger partial charge in [-0.3, -0.25) is 9.36 Å². The summed E-state index contributed by atoms with van der Waals surface area (Å²) in [6, 6.07) is 15.6. The molecule has 1 aromatic heterocycles. The molecule has 2 aromatic carbocycles. The highest BCUT2D eigenvalue weighted by Crippen LogP contribution is 2.13. The molecule has 0 bridgehead atoms. The van der Waals surface area contributed by atoms with E-state index >= 15 is 0 Å². The van der Waals surface area contributed by atoms with E-state index in [1.807, 2.05) is 48.5 Å². The number of nitrogens with zero attached hydrogens (tertiary/aromatic N) is 1. The van der Waals surface area contributed by atoms with Crippen molar-refractivity contribution in [1.29, 1.82) is 0 Å². The van der Waals surface area contributed by atoms with E-state index in [4.69, 9.17) is 0 Å². The third-order valence-electron chi connectivity index (χ3n) is 4.23. The van der Waals surface area contributed by atoms with E-state index in [9.17, 15) is 9.59 Å². The van der Waals surface area contributed by atoms with Crippen molar-refractivity contribution in [3.8, 4) is 0 Å². The summed E-state index contributed by atoms with van der Waals surface area (Å²) in [6.07, 6.45) is 1.83. The summed E-state index contributed by atoms with van der Waals surface area (Å²) in [6.45, 7) is 2.75. The van der Waals surface area contributed by atoms with E-state index in [1.54, 1.807) is 16.3 Å². The molecular formula is C20H23N3O2S. The van der Waals surface area contributed by atoms with Gasteiger partial charge in [-0.05, 0) is 48.4 Å². The highest BCUT2D eigenvalue weighted by molar-refractivity contribution is 7.99. The Hall–Kier alpha value is -2.47. The van der Waals surface area contributed by atoms with Crippen LogP contribution in [0.3, 0.4) is 0 Å². The molecule has 1 amide bonds. The van der Waals surface area contributed by atoms with Gasteiger partial charge in [-0.1, -0.05) is 31.2 Å². The van der Waals surface area contributed by atoms with Gasteiger partial charge in [0, 0.05) is 12.2 Å². The van der Waals surface area contributed by atoms with Gasteiger partial charge in [-0.15, -0.1) is 0 Å². The van der Waals surface area contributed by atoms with Gasteiger partial charge < -0.3 is 10.3 Å². The second kappa shape index (κ2) is 8.76. The number of rotatable bonds is 8. The quantitative estimate of drug-likeness (QED) is 0.596. The predicted molar refractivity (Wildman–Crippen MR) is 109 cm³/mol. The number of hydrogen-bond donors (Lipinski definition) is 2. The Morgan fingerprint density at radius 1 is 1.15 bits per heavy atom. The summed E-state index contributed by atoms with van der Waals surface area (Å²) in [7, 11) is 0. The Balaban J connectivity index is 1.41. The molecule has 2 N–H and O–H groups in total. The molecule has 0 saturated heterocycles. The first-order valence-corrected chi connectivity index (χ1v) is 9.97. The van der Waals surface area contributed by atoms with Crippen molar-refractivity contribution < 1.29 is 4.79 Å². The van der Waals surface area contributed by atoms with Crippen LogP contribution in [-0.2, 0) is 17.8 Å². The average Bonchev–Trinajstić information content (AvgIpc) is 2.97. The number of benzene rings is 2. The number of carbonyl (C=O) groups excluding carboxylic acids is 1. The largest absolute Gasteiger partial charge is 0.326 e. The smallest absolute Gasteiger partial charge is 0.325 e. The highest BCUT2D eigenvalue weighted by atomic mass is 32.2. The Morgan fingerprint density at radius 3 is 2.69 bits per heavy atom. The number of para-hydroxylation sites is 2. The maximum absolute atomic E-state index is 12.0. The lowest BCUT2D eigenvalue weighted by atomic mass is 10.1. The van der Waals surface area contributed by atoms with Crippen molar-refractivity contribution in [2.45, 2.75) is 26.3 Å². The van der Waals surface area contributed by atoms with Crippen molar-refractivity contribution in [2.75, 3.05) is 16.8 Å². The van der Waals surface area contributed by atoms with Crippen LogP contribution in [-0.4, -0.2) is 27.0 Å². The van der Waals surface area contributed by atoms with Crippen LogP contribution < -0.4 is 11.0 Å². The molecule has 0 spiro atoms. The minimum Gasteiger partial charge on any atom is -0.325 e. The molecule has 0 radical (unpaired) electrons. The zero-order valence-electron chi connectivity index (χ0n) is 14.8. The van der Waals surface area contributed by atoms with Crippen LogP contribution in [0, 0.1) is 0 Å². The van der Waals surface area contributed by atoms with Crippen molar-refractivity contribution in [2.24, 2.45) is 0 Å². The van der Waals surface area contributed by atoms with Crippen LogP contribution in [0.5, 0.6) is 0 Å². The van der Waals surface area contributed by atoms with Crippen molar-refractivity contribution >= 4 is 34.4 Å². The number of aryl methyl sites for hydroxylation is 2. The molecule has 0 aliphatic rings. The number of aromatic nitrogens is 2. The molecule has 3 aromatic rings. The molecule has 6 heteroatoms. The average molecular weight is 369 g/mol. The summed E-state index contributed by atoms with van der Waals surface area (Å²) < 4.78 is 1.76. The fourth-order valence-corrected chi connectivity index (χ4v) is 3.57. The van der Waals surface area contributed by atoms with E-state index < -0.39 is 0 Å². The van der Waals surface area contributed by atoms with Crippen LogP contribution in [0.25, 0.3) is 11.0 Å². The minimum atomic E-state index is -0.0792. The Bertz CT molecular complexity index is 928. The SMILES string of the molecule is CCc1ccc(NC(=O)CSCCCn2c(=O)[nH]c3ccccc32)cc1. The zero-order valence-corrected chi connectivity index (χ0v) is 15.6. The van der Waals surface area contributed by atoms with Crippen molar-refractivity contribution in [3.05, 3.63) is 64.6 Å². The summed E-state index contributed by atoms with van der Waals surface area (Å²) in [5.74, 6) is 1.25. The number of carbonyl (C=O) groups is 1. The standard InChI is InChI=1S/C20H23N3O2S/c1-2-15-8-10-16(11-9-15)21-19(24)14-26-13-5-12-23-18-7-4-3-6-17(18)22-20(23)25/h3-4,6-11H,2,5,12-14H2,1H3,(H,21,24)(H,22,25). The zero-order chi connectivity index (χ0) is 18.4. The molecular weight excluding hydrogens is 346 g/mol. The third kappa shape index (κ3) is 4.58. The topological polar surface area (TPSA) is 66.9 Å². The second-order valence-corrected chi connectivity index (χ2v) is 7.21. The van der Waals surface area contributed by atoms with Gasteiger partial charge in [-0.2, -0.15) is 11.8 Å². The molecule has 1 heterocycles. The number of fused-ring (bicyclic) bond motifs is 1. The van der Waals surface area contributed by atoms with Gasteiger partial charge in [0.2, 0.25) is 5.91 Å². The number of nitrogens with one attached hydrogen (secondary N) is 2. The molecule has 3 rings (SSSR count). The molecule has 5 nitrogen and oxygen atoms in total. The summed E-state index contributed by atoms with van der Waals surface area (Å²) >= 11 is 1.58. The van der Waals surface area contributed by atoms with E-state index in [-0.39, 0.29) is 11.6 Å². The van der Waals surface area contributed by atoms with Crippen LogP contribution in [0.1, 0.15) is 18.9 Å². The normalized spacial score (nSPS) is 11.0. The van der Waals surface area contributed by atoms with Gasteiger partial charge >= 0.3 is 5.69 Å². The lowest BCUT2D eigenvalue weighted by Gasteiger charge is -2.06. The fraction of sp³-hybridized carbons (Fsp3) is 0.300. The number of amides is 1. The molecule has 26 heavy (non-hydrogen) atoms. The molecule has 0 aliphatic carbocycles. The Kier molecular flexibility index (Phi) is 6.17. The maximum Gasteiger partial charge on any atom is 0.326 e. The van der Waals surface area contributed by atoms with Crippen molar-refractivity contribution in [3.63, 3.8) is 0 Å². The highest BCUT2D eigenvalue weighted by Gasteiger charge is 2.06. The fourth-order valence-electron chi connectivity index (χ4n) is 2.84. The first-order valence-electron chi connectivity index (χ1n) is 8.81. The maximum atomic E-state index is 12.0. The van der Waals surface area contributed by atoms with Gasteiger partial charge in [0.05, 0.1) is 16.8 Å². The number of hydrogen-bond acceptors (Lipinski definition) is 3. The molecule has 0 atom stereocenters. The minimum absolute atomic E-state index is 0.00325. The summed E-state index contributed by atoms with van der Waals surface area (Å²) in [4.78, 5) is 26.8. The van der Waals surface area contributed by atoms with E-state index in [1.165, 1.54) is 5.56 Å². The van der Waals surface area contributed by atoms with E-state index in [2.05, 4.69) is 17.2 Å². The monoisotopic (exact) mass is 369 g/mol. The third-order valence-corrected chi connectivity index (χ3v) is 5.27. The van der Waals surface area contributed by atoms with E-state index in [0.29, 0.717) is 12.3 Å². The molecule has 0 aliphatic heterocycles. The molecule has 0 saturated carbocycles. The second-order valence-electron chi connectivity index (χ2n) is 6.10. The van der Waals surface area contributed by atoms with Gasteiger partial charge in [0.15, 0.2) is 0 Å². The molecule has 0 fully saturated rings. The number of thioether (sulfide) groups is 1. The van der Waals surface area contributed by atoms with Crippen molar-refractivity contribution in [1.82, 2.24) is 9.55 Å². The molecule has 0 unspecified atom stereocenters. The first-order chi connectivity index (χ1) is 12.7. The summed E-state index contributed by atoms with van der Waals surface area (Å²) in [5.41, 5.74) is 3.79. The van der Waals surface area contributed by atoms with Crippen LogP contribution in [0.2, 0.25) is 0 Å². The summed E-state index contributed by atoms with van der Waals surface area (Å²) in [5, 5.41) is 2.91. The van der Waals surface area contributed by atoms with Gasteiger partial charge in [-0.25, -0.2) is 4.79 Å². The first kappa shape index (κ1) is 18.3. The lowest BCUT2D eigenvalue weighted by Crippen LogP contribution is -2.17. The number of imidazole rings is 1. The predicted octanol–water partition coefficient (Wildman–Crippen LogP) is 3.65. The number of aromatic amines is 1. The Labute approximate surface area is 156 Å². The van der Waals surface area contributed by atoms with Crippen LogP contribution in [0.4, 0.5) is 5.69 Å². The van der Waals surface area contributed by atoms with Gasteiger partial charge in [0.25, 0.3) is 0 Å². The number of H-pyrrole nitrogens is 1. The van der Waals surface area contributed by atoms with E-state index in [0.717, 1.165) is 35.3 Å². The lowest BCUT2D eigenvalue weighted by molar-refractivity contribution is -0.113.